The van der Waals surface area contributed by atoms with Crippen LogP contribution in [0.1, 0.15) is 18.1 Å². The second-order valence-corrected chi connectivity index (χ2v) is 5.19. The summed E-state index contributed by atoms with van der Waals surface area (Å²) in [5.74, 6) is 0.774. The molecule has 0 aliphatic carbocycles. The summed E-state index contributed by atoms with van der Waals surface area (Å²) in [5.41, 5.74) is 9.03. The van der Waals surface area contributed by atoms with Gasteiger partial charge in [0.25, 0.3) is 0 Å². The number of hydrazone groups is 1. The first-order valence-corrected chi connectivity index (χ1v) is 7.72. The van der Waals surface area contributed by atoms with E-state index < -0.39 is 0 Å². The van der Waals surface area contributed by atoms with Crippen molar-refractivity contribution < 1.29 is 13.9 Å². The van der Waals surface area contributed by atoms with Crippen LogP contribution >= 0.6 is 12.2 Å². The third-order valence-corrected chi connectivity index (χ3v) is 3.09. The van der Waals surface area contributed by atoms with E-state index in [2.05, 4.69) is 22.7 Å². The van der Waals surface area contributed by atoms with Gasteiger partial charge in [0, 0.05) is 5.56 Å². The maximum Gasteiger partial charge on any atom is 0.184 e. The molecule has 0 saturated carbocycles. The Morgan fingerprint density at radius 1 is 1.25 bits per heavy atom. The minimum Gasteiger partial charge on any atom is -0.490 e. The molecule has 3 N–H and O–H groups in total. The molecular formula is C17H18FN3O2S. The van der Waals surface area contributed by atoms with Crippen LogP contribution in [0.5, 0.6) is 11.5 Å². The number of hydrogen-bond donors (Lipinski definition) is 2. The number of nitrogens with zero attached hydrogens (tertiary/aromatic N) is 1. The Hall–Kier alpha value is -2.67. The molecular weight excluding hydrogens is 329 g/mol. The summed E-state index contributed by atoms with van der Waals surface area (Å²) in [6.07, 6.45) is 1.56. The summed E-state index contributed by atoms with van der Waals surface area (Å²) in [4.78, 5) is 0. The van der Waals surface area contributed by atoms with Crippen molar-refractivity contribution in [2.24, 2.45) is 10.8 Å². The number of thiocarbonyl (C=S) groups is 1. The predicted octanol–water partition coefficient (Wildman–Crippen LogP) is 2.97. The molecule has 7 heteroatoms. The molecule has 0 unspecified atom stereocenters. The average molecular weight is 347 g/mol. The maximum atomic E-state index is 13.7. The monoisotopic (exact) mass is 347 g/mol. The number of rotatable bonds is 7. The van der Waals surface area contributed by atoms with E-state index in [4.69, 9.17) is 15.2 Å². The first-order chi connectivity index (χ1) is 11.6. The van der Waals surface area contributed by atoms with Crippen LogP contribution in [-0.2, 0) is 6.61 Å². The van der Waals surface area contributed by atoms with Gasteiger partial charge >= 0.3 is 0 Å². The number of nitrogens with two attached hydrogens (primary N) is 1. The summed E-state index contributed by atoms with van der Waals surface area (Å²) in [6.45, 7) is 2.46. The zero-order chi connectivity index (χ0) is 17.4. The zero-order valence-corrected chi connectivity index (χ0v) is 14.0. The molecule has 0 aliphatic rings. The van der Waals surface area contributed by atoms with Crippen LogP contribution in [0.2, 0.25) is 0 Å². The standard InChI is InChI=1S/C17H18FN3O2S/c1-2-22-16-9-12(10-20-21-17(19)24)7-8-15(16)23-11-13-5-3-4-6-14(13)18/h3-10H,2,11H2,1H3,(H3,19,21,24)/b20-10-. The Balaban J connectivity index is 2.12. The van der Waals surface area contributed by atoms with E-state index in [-0.39, 0.29) is 17.5 Å². The van der Waals surface area contributed by atoms with Crippen LogP contribution in [0.15, 0.2) is 47.6 Å². The molecule has 0 aromatic heterocycles. The van der Waals surface area contributed by atoms with Crippen molar-refractivity contribution in [3.05, 3.63) is 59.4 Å². The maximum absolute atomic E-state index is 13.7. The summed E-state index contributed by atoms with van der Waals surface area (Å²) in [7, 11) is 0. The number of nitrogens with one attached hydrogen (secondary N) is 1. The van der Waals surface area contributed by atoms with Crippen LogP contribution < -0.4 is 20.6 Å². The van der Waals surface area contributed by atoms with E-state index in [1.54, 1.807) is 42.6 Å². The highest BCUT2D eigenvalue weighted by atomic mass is 32.1. The third-order valence-electron chi connectivity index (χ3n) is 3.00. The van der Waals surface area contributed by atoms with Gasteiger partial charge in [-0.3, -0.25) is 5.43 Å². The van der Waals surface area contributed by atoms with Gasteiger partial charge in [0.2, 0.25) is 0 Å². The number of halogens is 1. The summed E-state index contributed by atoms with van der Waals surface area (Å²) in [6, 6.07) is 11.8. The van der Waals surface area contributed by atoms with E-state index in [1.165, 1.54) is 6.07 Å². The van der Waals surface area contributed by atoms with Gasteiger partial charge in [-0.15, -0.1) is 0 Å². The highest BCUT2D eigenvalue weighted by molar-refractivity contribution is 7.80. The van der Waals surface area contributed by atoms with Gasteiger partial charge in [-0.25, -0.2) is 4.39 Å². The summed E-state index contributed by atoms with van der Waals surface area (Å²) < 4.78 is 24.9. The fourth-order valence-corrected chi connectivity index (χ4v) is 1.99. The smallest absolute Gasteiger partial charge is 0.184 e. The average Bonchev–Trinajstić information content (AvgIpc) is 2.55. The van der Waals surface area contributed by atoms with Crippen LogP contribution in [0.3, 0.4) is 0 Å². The van der Waals surface area contributed by atoms with Crippen molar-refractivity contribution in [2.45, 2.75) is 13.5 Å². The minimum absolute atomic E-state index is 0.0844. The first kappa shape index (κ1) is 17.7. The Labute approximate surface area is 145 Å². The molecule has 0 fully saturated rings. The molecule has 2 rings (SSSR count). The van der Waals surface area contributed by atoms with E-state index in [9.17, 15) is 4.39 Å². The molecule has 0 radical (unpaired) electrons. The van der Waals surface area contributed by atoms with Crippen LogP contribution in [0.4, 0.5) is 4.39 Å². The second-order valence-electron chi connectivity index (χ2n) is 4.75. The molecule has 5 nitrogen and oxygen atoms in total. The normalized spacial score (nSPS) is 10.6. The van der Waals surface area contributed by atoms with Crippen molar-refractivity contribution >= 4 is 23.5 Å². The van der Waals surface area contributed by atoms with E-state index >= 15 is 0 Å². The predicted molar refractivity (Wildman–Crippen MR) is 95.9 cm³/mol. The van der Waals surface area contributed by atoms with Gasteiger partial charge in [-0.1, -0.05) is 18.2 Å². The Morgan fingerprint density at radius 2 is 2.04 bits per heavy atom. The molecule has 0 atom stereocenters. The molecule has 2 aromatic carbocycles. The van der Waals surface area contributed by atoms with Crippen molar-refractivity contribution in [2.75, 3.05) is 6.61 Å². The topological polar surface area (TPSA) is 68.9 Å². The fraction of sp³-hybridized carbons (Fsp3) is 0.176. The van der Waals surface area contributed by atoms with Crippen molar-refractivity contribution in [1.29, 1.82) is 0 Å². The van der Waals surface area contributed by atoms with Crippen LogP contribution in [0.25, 0.3) is 0 Å². The highest BCUT2D eigenvalue weighted by Crippen LogP contribution is 2.29. The van der Waals surface area contributed by atoms with Gasteiger partial charge in [0.05, 0.1) is 12.8 Å². The largest absolute Gasteiger partial charge is 0.490 e. The third kappa shape index (κ3) is 5.20. The SMILES string of the molecule is CCOc1cc(/C=N\NC(N)=S)ccc1OCc1ccccc1F. The van der Waals surface area contributed by atoms with Gasteiger partial charge < -0.3 is 15.2 Å². The summed E-state index contributed by atoms with van der Waals surface area (Å²) in [5, 5.41) is 3.97. The molecule has 0 amide bonds. The van der Waals surface area contributed by atoms with E-state index in [0.29, 0.717) is 23.7 Å². The van der Waals surface area contributed by atoms with Crippen LogP contribution in [0, 0.1) is 5.82 Å². The lowest BCUT2D eigenvalue weighted by molar-refractivity contribution is 0.266. The van der Waals surface area contributed by atoms with Gasteiger partial charge in [0.1, 0.15) is 12.4 Å². The molecule has 24 heavy (non-hydrogen) atoms. The lowest BCUT2D eigenvalue weighted by Gasteiger charge is -2.13. The molecule has 126 valence electrons. The van der Waals surface area contributed by atoms with Gasteiger partial charge in [-0.2, -0.15) is 5.10 Å². The molecule has 0 bridgehead atoms. The summed E-state index contributed by atoms with van der Waals surface area (Å²) >= 11 is 4.67. The molecule has 0 aliphatic heterocycles. The Morgan fingerprint density at radius 3 is 2.75 bits per heavy atom. The zero-order valence-electron chi connectivity index (χ0n) is 13.2. The second kappa shape index (κ2) is 8.83. The van der Waals surface area contributed by atoms with Crippen molar-refractivity contribution in [3.63, 3.8) is 0 Å². The van der Waals surface area contributed by atoms with Crippen molar-refractivity contribution in [1.82, 2.24) is 5.43 Å². The number of benzene rings is 2. The van der Waals surface area contributed by atoms with Gasteiger partial charge in [-0.05, 0) is 49.0 Å². The first-order valence-electron chi connectivity index (χ1n) is 7.31. The number of hydrogen-bond acceptors (Lipinski definition) is 4. The number of ether oxygens (including phenoxy) is 2. The molecule has 0 spiro atoms. The highest BCUT2D eigenvalue weighted by Gasteiger charge is 2.08. The fourth-order valence-electron chi connectivity index (χ4n) is 1.93. The van der Waals surface area contributed by atoms with Crippen molar-refractivity contribution in [3.8, 4) is 11.5 Å². The Bertz CT molecular complexity index is 738. The van der Waals surface area contributed by atoms with E-state index in [1.807, 2.05) is 6.92 Å². The molecule has 0 heterocycles. The molecule has 0 saturated heterocycles. The lowest BCUT2D eigenvalue weighted by atomic mass is 10.2. The Kier molecular flexibility index (Phi) is 6.51. The van der Waals surface area contributed by atoms with Gasteiger partial charge in [0.15, 0.2) is 16.6 Å². The van der Waals surface area contributed by atoms with Crippen LogP contribution in [-0.4, -0.2) is 17.9 Å². The lowest BCUT2D eigenvalue weighted by Crippen LogP contribution is -2.23. The molecule has 2 aromatic rings. The quantitative estimate of drug-likeness (QED) is 0.458. The minimum atomic E-state index is -0.303. The van der Waals surface area contributed by atoms with E-state index in [0.717, 1.165) is 5.56 Å².